The number of aromatic nitrogens is 1. The predicted octanol–water partition coefficient (Wildman–Crippen LogP) is 5.22. The van der Waals surface area contributed by atoms with Crippen LogP contribution in [-0.4, -0.2) is 42.0 Å². The Morgan fingerprint density at radius 1 is 1.14 bits per heavy atom. The SMILES string of the molecule is CCN(CC)CCN(C(=O)c1cccc(Cl)c1)c1nc2c(F)cc(F)cc2s1. The molecule has 1 amide bonds. The van der Waals surface area contributed by atoms with Crippen LogP contribution in [0.2, 0.25) is 5.02 Å². The van der Waals surface area contributed by atoms with E-state index >= 15 is 0 Å². The minimum Gasteiger partial charge on any atom is -0.302 e. The lowest BCUT2D eigenvalue weighted by Gasteiger charge is -2.24. The molecule has 0 saturated carbocycles. The zero-order valence-electron chi connectivity index (χ0n) is 15.6. The van der Waals surface area contributed by atoms with Crippen molar-refractivity contribution >= 4 is 44.2 Å². The maximum Gasteiger partial charge on any atom is 0.260 e. The van der Waals surface area contributed by atoms with E-state index in [1.807, 2.05) is 13.8 Å². The highest BCUT2D eigenvalue weighted by Crippen LogP contribution is 2.32. The largest absolute Gasteiger partial charge is 0.302 e. The fourth-order valence-corrected chi connectivity index (χ4v) is 4.12. The third-order valence-corrected chi connectivity index (χ3v) is 5.74. The van der Waals surface area contributed by atoms with Crippen molar-refractivity contribution in [3.8, 4) is 0 Å². The number of carbonyl (C=O) groups is 1. The highest BCUT2D eigenvalue weighted by molar-refractivity contribution is 7.22. The monoisotopic (exact) mass is 423 g/mol. The van der Waals surface area contributed by atoms with Crippen LogP contribution in [0.5, 0.6) is 0 Å². The fraction of sp³-hybridized carbons (Fsp3) is 0.300. The number of hydrogen-bond acceptors (Lipinski definition) is 4. The van der Waals surface area contributed by atoms with Crippen molar-refractivity contribution in [2.75, 3.05) is 31.1 Å². The minimum absolute atomic E-state index is 0.0631. The number of halogens is 3. The number of likely N-dealkylation sites (N-methyl/N-ethyl adjacent to an activating group) is 1. The molecule has 0 fully saturated rings. The number of benzene rings is 2. The lowest BCUT2D eigenvalue weighted by atomic mass is 10.2. The van der Waals surface area contributed by atoms with Crippen molar-refractivity contribution in [2.45, 2.75) is 13.8 Å². The topological polar surface area (TPSA) is 36.4 Å². The highest BCUT2D eigenvalue weighted by atomic mass is 35.5. The van der Waals surface area contributed by atoms with Gasteiger partial charge in [-0.05, 0) is 37.4 Å². The summed E-state index contributed by atoms with van der Waals surface area (Å²) in [7, 11) is 0. The van der Waals surface area contributed by atoms with Gasteiger partial charge in [-0.1, -0.05) is 42.9 Å². The first kappa shape index (κ1) is 20.6. The molecule has 148 valence electrons. The molecule has 0 saturated heterocycles. The van der Waals surface area contributed by atoms with E-state index in [1.54, 1.807) is 24.3 Å². The molecule has 0 bridgehead atoms. The molecule has 0 unspecified atom stereocenters. The maximum atomic E-state index is 14.1. The summed E-state index contributed by atoms with van der Waals surface area (Å²) in [4.78, 5) is 21.1. The van der Waals surface area contributed by atoms with Crippen LogP contribution < -0.4 is 4.90 Å². The van der Waals surface area contributed by atoms with Gasteiger partial charge in [-0.25, -0.2) is 13.8 Å². The number of hydrogen-bond donors (Lipinski definition) is 0. The first-order valence-corrected chi connectivity index (χ1v) is 10.2. The standard InChI is InChI=1S/C20H20ClF2N3OS/c1-3-25(4-2)8-9-26(19(27)13-6-5-7-14(21)10-13)20-24-18-16(23)11-15(22)12-17(18)28-20/h5-7,10-12H,3-4,8-9H2,1-2H3. The van der Waals surface area contributed by atoms with Crippen molar-refractivity contribution in [1.29, 1.82) is 0 Å². The molecule has 2 aromatic carbocycles. The minimum atomic E-state index is -0.739. The average Bonchev–Trinajstić information content (AvgIpc) is 3.09. The average molecular weight is 424 g/mol. The van der Waals surface area contributed by atoms with Crippen molar-refractivity contribution < 1.29 is 13.6 Å². The van der Waals surface area contributed by atoms with E-state index in [4.69, 9.17) is 11.6 Å². The third kappa shape index (κ3) is 4.48. The van der Waals surface area contributed by atoms with Gasteiger partial charge in [0.1, 0.15) is 11.3 Å². The smallest absolute Gasteiger partial charge is 0.260 e. The number of nitrogens with zero attached hydrogens (tertiary/aromatic N) is 3. The van der Waals surface area contributed by atoms with E-state index in [1.165, 1.54) is 11.0 Å². The third-order valence-electron chi connectivity index (χ3n) is 4.48. The Balaban J connectivity index is 2.00. The lowest BCUT2D eigenvalue weighted by Crippen LogP contribution is -2.38. The van der Waals surface area contributed by atoms with Crippen LogP contribution in [0.1, 0.15) is 24.2 Å². The van der Waals surface area contributed by atoms with Crippen LogP contribution >= 0.6 is 22.9 Å². The molecule has 0 aliphatic carbocycles. The molecule has 28 heavy (non-hydrogen) atoms. The maximum absolute atomic E-state index is 14.1. The number of amides is 1. The Morgan fingerprint density at radius 2 is 1.89 bits per heavy atom. The lowest BCUT2D eigenvalue weighted by molar-refractivity contribution is 0.0983. The molecule has 1 heterocycles. The van der Waals surface area contributed by atoms with Gasteiger partial charge in [0.05, 0.1) is 4.70 Å². The van der Waals surface area contributed by atoms with E-state index in [9.17, 15) is 13.6 Å². The van der Waals surface area contributed by atoms with Gasteiger partial charge in [-0.15, -0.1) is 0 Å². The van der Waals surface area contributed by atoms with Crippen LogP contribution in [0.4, 0.5) is 13.9 Å². The molecule has 4 nitrogen and oxygen atoms in total. The van der Waals surface area contributed by atoms with Gasteiger partial charge in [-0.3, -0.25) is 9.69 Å². The van der Waals surface area contributed by atoms with Crippen LogP contribution in [-0.2, 0) is 0 Å². The van der Waals surface area contributed by atoms with Gasteiger partial charge in [0.25, 0.3) is 5.91 Å². The van der Waals surface area contributed by atoms with Crippen molar-refractivity contribution in [1.82, 2.24) is 9.88 Å². The summed E-state index contributed by atoms with van der Waals surface area (Å²) >= 11 is 7.12. The van der Waals surface area contributed by atoms with E-state index in [0.717, 1.165) is 30.5 Å². The second kappa shape index (κ2) is 8.94. The van der Waals surface area contributed by atoms with Gasteiger partial charge >= 0.3 is 0 Å². The molecule has 1 aromatic heterocycles. The summed E-state index contributed by atoms with van der Waals surface area (Å²) in [5, 5.41) is 0.781. The van der Waals surface area contributed by atoms with E-state index in [0.29, 0.717) is 33.5 Å². The van der Waals surface area contributed by atoms with Gasteiger partial charge in [0.15, 0.2) is 10.9 Å². The molecule has 8 heteroatoms. The van der Waals surface area contributed by atoms with Gasteiger partial charge in [-0.2, -0.15) is 0 Å². The summed E-state index contributed by atoms with van der Waals surface area (Å²) < 4.78 is 28.0. The predicted molar refractivity (Wildman–Crippen MR) is 110 cm³/mol. The summed E-state index contributed by atoms with van der Waals surface area (Å²) in [5.74, 6) is -1.69. The second-order valence-electron chi connectivity index (χ2n) is 6.22. The molecule has 0 spiro atoms. The first-order valence-electron chi connectivity index (χ1n) is 8.98. The number of carbonyl (C=O) groups excluding carboxylic acids is 1. The van der Waals surface area contributed by atoms with Gasteiger partial charge < -0.3 is 4.90 Å². The van der Waals surface area contributed by atoms with Crippen LogP contribution in [0, 0.1) is 11.6 Å². The van der Waals surface area contributed by atoms with Gasteiger partial charge in [0.2, 0.25) is 0 Å². The van der Waals surface area contributed by atoms with Crippen LogP contribution in [0.25, 0.3) is 10.2 Å². The van der Waals surface area contributed by atoms with Crippen LogP contribution in [0.15, 0.2) is 36.4 Å². The molecule has 0 atom stereocenters. The Hall–Kier alpha value is -2.09. The Morgan fingerprint density at radius 3 is 2.57 bits per heavy atom. The van der Waals surface area contributed by atoms with Gasteiger partial charge in [0, 0.05) is 29.7 Å². The molecule has 0 radical (unpaired) electrons. The van der Waals surface area contributed by atoms with Crippen molar-refractivity contribution in [3.63, 3.8) is 0 Å². The Kier molecular flexibility index (Phi) is 6.59. The highest BCUT2D eigenvalue weighted by Gasteiger charge is 2.23. The van der Waals surface area contributed by atoms with E-state index in [2.05, 4.69) is 9.88 Å². The molecule has 0 N–H and O–H groups in total. The van der Waals surface area contributed by atoms with Crippen LogP contribution in [0.3, 0.4) is 0 Å². The zero-order chi connectivity index (χ0) is 20.3. The first-order chi connectivity index (χ1) is 13.4. The summed E-state index contributed by atoms with van der Waals surface area (Å²) in [5.41, 5.74) is 0.478. The van der Waals surface area contributed by atoms with Crippen molar-refractivity contribution in [2.24, 2.45) is 0 Å². The van der Waals surface area contributed by atoms with E-state index in [-0.39, 0.29) is 11.4 Å². The molecular weight excluding hydrogens is 404 g/mol. The molecule has 3 rings (SSSR count). The van der Waals surface area contributed by atoms with E-state index < -0.39 is 11.6 Å². The normalized spacial score (nSPS) is 11.4. The Bertz CT molecular complexity index is 991. The Labute approximate surface area is 171 Å². The molecule has 3 aromatic rings. The molecule has 0 aliphatic rings. The summed E-state index contributed by atoms with van der Waals surface area (Å²) in [6.45, 7) is 6.78. The quantitative estimate of drug-likeness (QED) is 0.523. The molecule has 0 aliphatic heterocycles. The number of thiazole rings is 1. The fourth-order valence-electron chi connectivity index (χ4n) is 2.90. The van der Waals surface area contributed by atoms with Crippen molar-refractivity contribution in [3.05, 3.63) is 58.6 Å². The summed E-state index contributed by atoms with van der Waals surface area (Å²) in [6, 6.07) is 8.67. The molecular formula is C20H20ClF2N3OS. The second-order valence-corrected chi connectivity index (χ2v) is 7.67. The zero-order valence-corrected chi connectivity index (χ0v) is 17.2. The number of anilines is 1. The number of fused-ring (bicyclic) bond motifs is 1. The number of rotatable bonds is 7. The summed E-state index contributed by atoms with van der Waals surface area (Å²) in [6.07, 6.45) is 0.